The van der Waals surface area contributed by atoms with Crippen LogP contribution in [-0.4, -0.2) is 10.5 Å². The van der Waals surface area contributed by atoms with Crippen LogP contribution >= 0.6 is 24.2 Å². The summed E-state index contributed by atoms with van der Waals surface area (Å²) in [7, 11) is 0. The topological polar surface area (TPSA) is 35.2 Å². The Kier molecular flexibility index (Phi) is 4.22. The Bertz CT molecular complexity index is 84.1. The largest absolute Gasteiger partial charge is 0.475 e. The Morgan fingerprint density at radius 1 is 1.75 bits per heavy atom. The maximum Gasteiger partial charge on any atom is 0.235 e. The lowest BCUT2D eigenvalue weighted by Gasteiger charge is -2.06. The second-order valence-electron chi connectivity index (χ2n) is 1.53. The fourth-order valence-electron chi connectivity index (χ4n) is 0.220. The molecule has 0 spiro atoms. The van der Waals surface area contributed by atoms with E-state index in [0.29, 0.717) is 4.38 Å². The highest BCUT2D eigenvalue weighted by atomic mass is 32.2. The highest BCUT2D eigenvalue weighted by molar-refractivity contribution is 8.21. The summed E-state index contributed by atoms with van der Waals surface area (Å²) in [6.07, 6.45) is 0.138. The van der Waals surface area contributed by atoms with E-state index in [9.17, 15) is 0 Å². The summed E-state index contributed by atoms with van der Waals surface area (Å²) in [5.74, 6) is 0. The smallest absolute Gasteiger partial charge is 0.235 e. The van der Waals surface area contributed by atoms with Crippen molar-refractivity contribution in [1.29, 1.82) is 0 Å². The third-order valence-corrected chi connectivity index (χ3v) is 1.10. The first kappa shape index (κ1) is 8.20. The molecule has 0 aliphatic heterocycles. The Balaban J connectivity index is 3.25. The van der Waals surface area contributed by atoms with Crippen LogP contribution in [0.15, 0.2) is 0 Å². The first-order valence-electron chi connectivity index (χ1n) is 2.24. The van der Waals surface area contributed by atoms with Gasteiger partial charge >= 0.3 is 0 Å². The van der Waals surface area contributed by atoms with Crippen LogP contribution in [0.4, 0.5) is 0 Å². The summed E-state index contributed by atoms with van der Waals surface area (Å²) in [4.78, 5) is 0. The van der Waals surface area contributed by atoms with E-state index in [4.69, 9.17) is 9.88 Å². The number of thiocarbonyl (C=S) groups is 1. The Hall–Kier alpha value is 0.200. The molecule has 0 atom stereocenters. The van der Waals surface area contributed by atoms with Gasteiger partial charge in [-0.15, -0.1) is 0 Å². The van der Waals surface area contributed by atoms with E-state index in [-0.39, 0.29) is 6.10 Å². The molecule has 0 radical (unpaired) electrons. The van der Waals surface area contributed by atoms with E-state index in [1.807, 2.05) is 13.8 Å². The van der Waals surface area contributed by atoms with Crippen LogP contribution in [0.1, 0.15) is 13.8 Å². The van der Waals surface area contributed by atoms with Gasteiger partial charge in [-0.3, -0.25) is 5.14 Å². The van der Waals surface area contributed by atoms with Gasteiger partial charge in [-0.2, -0.15) is 0 Å². The molecule has 0 heterocycles. The monoisotopic (exact) mass is 151 g/mol. The van der Waals surface area contributed by atoms with Crippen molar-refractivity contribution in [3.8, 4) is 0 Å². The number of hydrogen-bond acceptors (Lipinski definition) is 4. The van der Waals surface area contributed by atoms with Crippen molar-refractivity contribution < 1.29 is 4.74 Å². The zero-order valence-electron chi connectivity index (χ0n) is 4.88. The van der Waals surface area contributed by atoms with Crippen molar-refractivity contribution in [3.05, 3.63) is 0 Å². The molecule has 0 aliphatic rings. The minimum Gasteiger partial charge on any atom is -0.475 e. The van der Waals surface area contributed by atoms with Crippen molar-refractivity contribution in [2.45, 2.75) is 20.0 Å². The zero-order chi connectivity index (χ0) is 6.57. The van der Waals surface area contributed by atoms with Crippen LogP contribution in [0.5, 0.6) is 0 Å². The van der Waals surface area contributed by atoms with E-state index in [0.717, 1.165) is 11.9 Å². The third-order valence-electron chi connectivity index (χ3n) is 0.428. The lowest BCUT2D eigenvalue weighted by molar-refractivity contribution is 0.243. The van der Waals surface area contributed by atoms with Crippen LogP contribution in [0.2, 0.25) is 0 Å². The molecule has 0 aromatic carbocycles. The maximum absolute atomic E-state index is 5.07. The van der Waals surface area contributed by atoms with E-state index < -0.39 is 0 Å². The summed E-state index contributed by atoms with van der Waals surface area (Å²) in [6, 6.07) is 0. The van der Waals surface area contributed by atoms with Crippen LogP contribution < -0.4 is 5.14 Å². The summed E-state index contributed by atoms with van der Waals surface area (Å²) in [5, 5.41) is 5.07. The Morgan fingerprint density at radius 3 is 2.38 bits per heavy atom. The van der Waals surface area contributed by atoms with Gasteiger partial charge < -0.3 is 4.74 Å². The normalized spacial score (nSPS) is 9.50. The number of hydrogen-bond donors (Lipinski definition) is 1. The van der Waals surface area contributed by atoms with Crippen molar-refractivity contribution in [1.82, 2.24) is 0 Å². The fourth-order valence-corrected chi connectivity index (χ4v) is 0.661. The minimum absolute atomic E-state index is 0.138. The molecule has 0 saturated carbocycles. The first-order chi connectivity index (χ1) is 3.66. The molecule has 0 aliphatic carbocycles. The van der Waals surface area contributed by atoms with Crippen molar-refractivity contribution in [2.24, 2.45) is 5.14 Å². The highest BCUT2D eigenvalue weighted by Gasteiger charge is 1.96. The summed E-state index contributed by atoms with van der Waals surface area (Å²) >= 11 is 5.61. The first-order valence-corrected chi connectivity index (χ1v) is 3.53. The van der Waals surface area contributed by atoms with Gasteiger partial charge in [0.1, 0.15) is 0 Å². The molecule has 0 aromatic rings. The molecule has 0 bridgehead atoms. The summed E-state index contributed by atoms with van der Waals surface area (Å²) in [6.45, 7) is 3.81. The third kappa shape index (κ3) is 4.36. The van der Waals surface area contributed by atoms with Gasteiger partial charge in [-0.1, -0.05) is 0 Å². The molecule has 8 heavy (non-hydrogen) atoms. The minimum atomic E-state index is 0.138. The Labute approximate surface area is 58.9 Å². The fraction of sp³-hybridized carbons (Fsp3) is 0.750. The molecular weight excluding hydrogens is 142 g/mol. The van der Waals surface area contributed by atoms with Gasteiger partial charge in [0.2, 0.25) is 4.38 Å². The predicted octanol–water partition coefficient (Wildman–Crippen LogP) is 1.30. The number of nitrogens with two attached hydrogens (primary N) is 1. The average Bonchev–Trinajstić information content (AvgIpc) is 1.65. The van der Waals surface area contributed by atoms with E-state index >= 15 is 0 Å². The number of ether oxygens (including phenoxy) is 1. The molecule has 2 nitrogen and oxygen atoms in total. The molecule has 0 aromatic heterocycles. The van der Waals surface area contributed by atoms with Crippen molar-refractivity contribution in [2.75, 3.05) is 0 Å². The summed E-state index contributed by atoms with van der Waals surface area (Å²) in [5.41, 5.74) is 0. The predicted molar refractivity (Wildman–Crippen MR) is 40.6 cm³/mol. The molecule has 48 valence electrons. The molecule has 0 unspecified atom stereocenters. The van der Waals surface area contributed by atoms with Gasteiger partial charge in [-0.05, 0) is 26.1 Å². The van der Waals surface area contributed by atoms with Crippen molar-refractivity contribution >= 4 is 28.5 Å². The second kappa shape index (κ2) is 4.12. The molecule has 0 fully saturated rings. The summed E-state index contributed by atoms with van der Waals surface area (Å²) < 4.78 is 5.37. The van der Waals surface area contributed by atoms with Crippen LogP contribution in [-0.2, 0) is 4.74 Å². The quantitative estimate of drug-likeness (QED) is 0.452. The zero-order valence-corrected chi connectivity index (χ0v) is 6.51. The van der Waals surface area contributed by atoms with Gasteiger partial charge in [0.25, 0.3) is 0 Å². The van der Waals surface area contributed by atoms with Gasteiger partial charge in [0.15, 0.2) is 0 Å². The Morgan fingerprint density at radius 2 is 2.25 bits per heavy atom. The highest BCUT2D eigenvalue weighted by Crippen LogP contribution is 1.98. The average molecular weight is 151 g/mol. The van der Waals surface area contributed by atoms with Gasteiger partial charge in [-0.25, -0.2) is 0 Å². The molecule has 0 saturated heterocycles. The van der Waals surface area contributed by atoms with E-state index in [2.05, 4.69) is 12.2 Å². The molecule has 0 rings (SSSR count). The second-order valence-corrected chi connectivity index (χ2v) is 2.77. The molecule has 4 heteroatoms. The molecular formula is C4H9NOS2. The lowest BCUT2D eigenvalue weighted by atomic mass is 10.5. The molecule has 2 N–H and O–H groups in total. The molecule has 0 amide bonds. The van der Waals surface area contributed by atoms with Crippen LogP contribution in [0.3, 0.4) is 0 Å². The lowest BCUT2D eigenvalue weighted by Crippen LogP contribution is -2.07. The van der Waals surface area contributed by atoms with E-state index in [1.54, 1.807) is 0 Å². The standard InChI is InChI=1S/C4H9NOS2/c1-3(2)6-4(7)8-5/h3H,5H2,1-2H3. The van der Waals surface area contributed by atoms with Crippen LogP contribution in [0.25, 0.3) is 0 Å². The van der Waals surface area contributed by atoms with Crippen molar-refractivity contribution in [3.63, 3.8) is 0 Å². The number of rotatable bonds is 1. The van der Waals surface area contributed by atoms with E-state index in [1.165, 1.54) is 0 Å². The SMILES string of the molecule is CC(C)OC(=S)SN. The van der Waals surface area contributed by atoms with Gasteiger partial charge in [0, 0.05) is 11.9 Å². The maximum atomic E-state index is 5.07. The van der Waals surface area contributed by atoms with Crippen LogP contribution in [0, 0.1) is 0 Å². The van der Waals surface area contributed by atoms with Gasteiger partial charge in [0.05, 0.1) is 6.10 Å².